The predicted molar refractivity (Wildman–Crippen MR) is 141 cm³/mol. The van der Waals surface area contributed by atoms with Gasteiger partial charge in [-0.3, -0.25) is 9.59 Å². The van der Waals surface area contributed by atoms with Crippen molar-refractivity contribution in [2.45, 2.75) is 58.4 Å². The minimum Gasteiger partial charge on any atom is -0.413 e. The number of ketones is 1. The van der Waals surface area contributed by atoms with Crippen LogP contribution in [0.5, 0.6) is 0 Å². The van der Waals surface area contributed by atoms with E-state index in [-0.39, 0.29) is 23.3 Å². The summed E-state index contributed by atoms with van der Waals surface area (Å²) >= 11 is 6.23. The molecule has 0 aliphatic carbocycles. The van der Waals surface area contributed by atoms with Crippen molar-refractivity contribution in [2.75, 3.05) is 6.54 Å². The minimum atomic E-state index is -2.17. The van der Waals surface area contributed by atoms with Gasteiger partial charge < -0.3 is 9.74 Å². The Balaban J connectivity index is 2.23. The molecule has 2 atom stereocenters. The lowest BCUT2D eigenvalue weighted by atomic mass is 9.93. The van der Waals surface area contributed by atoms with E-state index in [4.69, 9.17) is 27.9 Å². The van der Waals surface area contributed by atoms with Crippen LogP contribution in [-0.4, -0.2) is 32.7 Å². The van der Waals surface area contributed by atoms with Gasteiger partial charge in [0.25, 0.3) is 0 Å². The van der Waals surface area contributed by atoms with E-state index in [2.05, 4.69) is 44.0 Å². The van der Waals surface area contributed by atoms with Gasteiger partial charge in [-0.25, -0.2) is 4.85 Å². The zero-order chi connectivity index (χ0) is 26.4. The van der Waals surface area contributed by atoms with Crippen LogP contribution in [0.3, 0.4) is 0 Å². The highest BCUT2D eigenvalue weighted by atomic mass is 35.5. The summed E-state index contributed by atoms with van der Waals surface area (Å²) < 4.78 is 6.53. The Morgan fingerprint density at radius 3 is 2.34 bits per heavy atom. The Morgan fingerprint density at radius 2 is 1.83 bits per heavy atom. The Kier molecular flexibility index (Phi) is 9.40. The van der Waals surface area contributed by atoms with E-state index in [1.807, 2.05) is 13.0 Å². The Morgan fingerprint density at radius 1 is 1.20 bits per heavy atom. The molecule has 0 fully saturated rings. The zero-order valence-corrected chi connectivity index (χ0v) is 22.9. The molecule has 35 heavy (non-hydrogen) atoms. The molecular weight excluding hydrogens is 478 g/mol. The van der Waals surface area contributed by atoms with E-state index in [1.165, 1.54) is 0 Å². The summed E-state index contributed by atoms with van der Waals surface area (Å²) in [5.74, 6) is -1.10. The van der Waals surface area contributed by atoms with Crippen molar-refractivity contribution in [3.63, 3.8) is 0 Å². The molecule has 0 aliphatic heterocycles. The fourth-order valence-corrected chi connectivity index (χ4v) is 5.04. The summed E-state index contributed by atoms with van der Waals surface area (Å²) in [5, 5.41) is 12.0. The number of hydrogen-bond donors (Lipinski definition) is 1. The molecule has 0 unspecified atom stereocenters. The number of carbonyl (C=O) groups excluding carboxylic acids is 2. The third-order valence-electron chi connectivity index (χ3n) is 6.54. The van der Waals surface area contributed by atoms with Gasteiger partial charge in [0.05, 0.1) is 36.8 Å². The highest BCUT2D eigenvalue weighted by molar-refractivity contribution is 6.74. The molecule has 0 heterocycles. The van der Waals surface area contributed by atoms with Gasteiger partial charge in [0.2, 0.25) is 11.6 Å². The third kappa shape index (κ3) is 7.50. The first kappa shape index (κ1) is 28.3. The molecule has 2 aromatic carbocycles. The van der Waals surface area contributed by atoms with Crippen LogP contribution in [0.15, 0.2) is 42.5 Å². The molecule has 0 saturated carbocycles. The average molecular weight is 510 g/mol. The molecule has 0 spiro atoms. The van der Waals surface area contributed by atoms with Crippen LogP contribution in [0, 0.1) is 23.8 Å². The van der Waals surface area contributed by atoms with Crippen molar-refractivity contribution in [3.05, 3.63) is 75.6 Å². The van der Waals surface area contributed by atoms with Crippen LogP contribution in [-0.2, 0) is 15.6 Å². The van der Waals surface area contributed by atoms with E-state index >= 15 is 0 Å². The molecule has 1 N–H and O–H groups in total. The summed E-state index contributed by atoms with van der Waals surface area (Å²) in [6.07, 6.45) is -0.0507. The van der Waals surface area contributed by atoms with E-state index < -0.39 is 20.3 Å². The summed E-state index contributed by atoms with van der Waals surface area (Å²) in [6.45, 7) is 19.6. The van der Waals surface area contributed by atoms with Crippen LogP contribution in [0.2, 0.25) is 23.2 Å². The number of amides is 1. The summed E-state index contributed by atoms with van der Waals surface area (Å²) in [4.78, 5) is 29.3. The van der Waals surface area contributed by atoms with Crippen LogP contribution in [0.25, 0.3) is 4.85 Å². The summed E-state index contributed by atoms with van der Waals surface area (Å²) in [6, 6.07) is 13.5. The number of nitriles is 1. The Labute approximate surface area is 214 Å². The first-order valence-corrected chi connectivity index (χ1v) is 14.7. The van der Waals surface area contributed by atoms with Crippen molar-refractivity contribution in [3.8, 4) is 6.07 Å². The SMILES string of the molecule is [C-]#[N+]c1ccc(C[C@@H](C(=O)NCC(=O)c2ccc(C#N)cc2)[C@@H](C)O[Si](C)(C)C(C)(C)C)cc1Cl. The van der Waals surface area contributed by atoms with E-state index in [0.29, 0.717) is 28.3 Å². The highest BCUT2D eigenvalue weighted by Crippen LogP contribution is 2.38. The first-order chi connectivity index (χ1) is 16.3. The fourth-order valence-electron chi connectivity index (χ4n) is 3.35. The Bertz CT molecular complexity index is 1160. The van der Waals surface area contributed by atoms with Gasteiger partial charge in [0.1, 0.15) is 0 Å². The van der Waals surface area contributed by atoms with E-state index in [1.54, 1.807) is 42.5 Å². The van der Waals surface area contributed by atoms with Crippen molar-refractivity contribution in [1.29, 1.82) is 5.26 Å². The number of carbonyl (C=O) groups is 2. The van der Waals surface area contributed by atoms with Gasteiger partial charge in [-0.2, -0.15) is 5.26 Å². The van der Waals surface area contributed by atoms with Gasteiger partial charge in [-0.05, 0) is 49.2 Å². The van der Waals surface area contributed by atoms with Gasteiger partial charge >= 0.3 is 0 Å². The molecule has 0 aromatic heterocycles. The van der Waals surface area contributed by atoms with Crippen LogP contribution >= 0.6 is 11.6 Å². The monoisotopic (exact) mass is 509 g/mol. The lowest BCUT2D eigenvalue weighted by Crippen LogP contribution is -2.48. The minimum absolute atomic E-state index is 0.0333. The molecule has 2 rings (SSSR count). The highest BCUT2D eigenvalue weighted by Gasteiger charge is 2.40. The number of benzene rings is 2. The quantitative estimate of drug-likeness (QED) is 0.243. The molecular formula is C27H32ClN3O3Si. The average Bonchev–Trinajstić information content (AvgIpc) is 2.79. The van der Waals surface area contributed by atoms with Crippen molar-refractivity contribution < 1.29 is 14.0 Å². The molecule has 1 amide bonds. The topological polar surface area (TPSA) is 83.5 Å². The fraction of sp³-hybridized carbons (Fsp3) is 0.407. The first-order valence-electron chi connectivity index (χ1n) is 11.4. The number of hydrogen-bond acceptors (Lipinski definition) is 4. The Hall–Kier alpha value is -2.97. The third-order valence-corrected chi connectivity index (χ3v) is 11.4. The summed E-state index contributed by atoms with van der Waals surface area (Å²) in [7, 11) is -2.17. The molecule has 0 radical (unpaired) electrons. The van der Waals surface area contributed by atoms with Crippen molar-refractivity contribution in [1.82, 2.24) is 5.32 Å². The number of Topliss-reactive ketones (excluding diaryl/α,β-unsaturated/α-hetero) is 1. The normalized spacial score (nSPS) is 13.3. The maximum atomic E-state index is 13.3. The van der Waals surface area contributed by atoms with Gasteiger partial charge in [-0.15, -0.1) is 0 Å². The van der Waals surface area contributed by atoms with Crippen molar-refractivity contribution in [2.24, 2.45) is 5.92 Å². The van der Waals surface area contributed by atoms with Crippen LogP contribution in [0.1, 0.15) is 49.2 Å². The molecule has 8 heteroatoms. The van der Waals surface area contributed by atoms with Gasteiger partial charge in [0.15, 0.2) is 14.1 Å². The molecule has 0 saturated heterocycles. The van der Waals surface area contributed by atoms with Gasteiger partial charge in [0, 0.05) is 10.6 Å². The van der Waals surface area contributed by atoms with Crippen LogP contribution < -0.4 is 5.32 Å². The number of nitrogens with zero attached hydrogens (tertiary/aromatic N) is 2. The maximum Gasteiger partial charge on any atom is 0.226 e. The number of nitrogens with one attached hydrogen (secondary N) is 1. The predicted octanol–water partition coefficient (Wildman–Crippen LogP) is 6.33. The molecule has 0 bridgehead atoms. The number of rotatable bonds is 9. The second kappa shape index (κ2) is 11.6. The standard InChI is InChI=1S/C27H32ClN3O3Si/c1-18(34-35(6,7)27(2,3)4)22(14-20-10-13-24(30-5)23(28)15-20)26(33)31-17-25(32)21-11-8-19(16-29)9-12-21/h8-13,15,18,22H,14,17H2,1-4,6-7H3,(H,31,33)/t18-,22-/m1/s1. The van der Waals surface area contributed by atoms with Gasteiger partial charge in [-0.1, -0.05) is 62.7 Å². The van der Waals surface area contributed by atoms with E-state index in [0.717, 1.165) is 5.56 Å². The number of halogens is 1. The maximum absolute atomic E-state index is 13.3. The lowest BCUT2D eigenvalue weighted by Gasteiger charge is -2.40. The molecule has 2 aromatic rings. The zero-order valence-electron chi connectivity index (χ0n) is 21.1. The largest absolute Gasteiger partial charge is 0.413 e. The lowest BCUT2D eigenvalue weighted by molar-refractivity contribution is -0.127. The molecule has 0 aliphatic rings. The van der Waals surface area contributed by atoms with E-state index in [9.17, 15) is 9.59 Å². The van der Waals surface area contributed by atoms with Crippen molar-refractivity contribution >= 4 is 37.3 Å². The summed E-state index contributed by atoms with van der Waals surface area (Å²) in [5.41, 5.74) is 2.06. The molecule has 6 nitrogen and oxygen atoms in total. The smallest absolute Gasteiger partial charge is 0.226 e. The second-order valence-electron chi connectivity index (χ2n) is 10.1. The molecule has 184 valence electrons. The van der Waals surface area contributed by atoms with Crippen LogP contribution in [0.4, 0.5) is 5.69 Å². The second-order valence-corrected chi connectivity index (χ2v) is 15.3.